The first-order valence-corrected chi connectivity index (χ1v) is 5.39. The fraction of sp³-hybridized carbons (Fsp3) is 0.909. The van der Waals surface area contributed by atoms with Crippen molar-refractivity contribution in [2.75, 3.05) is 0 Å². The molecule has 3 rings (SSSR count). The predicted octanol–water partition coefficient (Wildman–Crippen LogP) is 1.34. The Balaban J connectivity index is 1.92. The number of carbonyl (C=O) groups is 1. The molecule has 72 valence electrons. The fourth-order valence-electron chi connectivity index (χ4n) is 4.19. The van der Waals surface area contributed by atoms with E-state index in [1.807, 2.05) is 0 Å². The van der Waals surface area contributed by atoms with E-state index in [1.165, 1.54) is 19.3 Å². The van der Waals surface area contributed by atoms with Crippen molar-refractivity contribution in [2.45, 2.75) is 38.1 Å². The highest BCUT2D eigenvalue weighted by atomic mass is 16.1. The van der Waals surface area contributed by atoms with Gasteiger partial charge < -0.3 is 5.73 Å². The van der Waals surface area contributed by atoms with Crippen LogP contribution in [0.4, 0.5) is 0 Å². The van der Waals surface area contributed by atoms with Crippen molar-refractivity contribution in [1.29, 1.82) is 0 Å². The molecule has 2 N–H and O–H groups in total. The Labute approximate surface area is 78.9 Å². The van der Waals surface area contributed by atoms with E-state index < -0.39 is 0 Å². The minimum absolute atomic E-state index is 0.0635. The third-order valence-corrected chi connectivity index (χ3v) is 4.80. The first kappa shape index (κ1) is 7.98. The summed E-state index contributed by atoms with van der Waals surface area (Å²) < 4.78 is 0. The van der Waals surface area contributed by atoms with Gasteiger partial charge in [0.25, 0.3) is 0 Å². The largest absolute Gasteiger partial charge is 0.325 e. The molecule has 3 aliphatic rings. The number of rotatable bonds is 1. The molecule has 0 aromatic heterocycles. The summed E-state index contributed by atoms with van der Waals surface area (Å²) in [4.78, 5) is 11.4. The second kappa shape index (κ2) is 2.17. The molecule has 0 aliphatic heterocycles. The fourth-order valence-corrected chi connectivity index (χ4v) is 4.19. The maximum Gasteiger partial charge on any atom is 0.133 e. The Kier molecular flexibility index (Phi) is 1.33. The third kappa shape index (κ3) is 0.850. The van der Waals surface area contributed by atoms with Crippen LogP contribution in [0.25, 0.3) is 0 Å². The molecule has 0 saturated heterocycles. The van der Waals surface area contributed by atoms with Crippen LogP contribution in [-0.2, 0) is 4.79 Å². The summed E-state index contributed by atoms with van der Waals surface area (Å²) in [6.07, 6.45) is 4.70. The molecule has 5 unspecified atom stereocenters. The van der Waals surface area contributed by atoms with E-state index in [0.717, 1.165) is 18.3 Å². The number of carbonyl (C=O) groups excluding carboxylic acids is 1. The summed E-state index contributed by atoms with van der Waals surface area (Å²) in [5.74, 6) is 3.01. The van der Waals surface area contributed by atoms with Crippen molar-refractivity contribution in [2.24, 2.45) is 29.4 Å². The Hall–Kier alpha value is -0.370. The molecule has 2 bridgehead atoms. The maximum absolute atomic E-state index is 11.4. The summed E-state index contributed by atoms with van der Waals surface area (Å²) in [5.41, 5.74) is 6.36. The van der Waals surface area contributed by atoms with Crippen molar-refractivity contribution < 1.29 is 4.79 Å². The number of hydrogen-bond acceptors (Lipinski definition) is 2. The number of Topliss-reactive ketones (excluding diaryl/α,β-unsaturated/α-hetero) is 1. The lowest BCUT2D eigenvalue weighted by molar-refractivity contribution is -0.124. The Morgan fingerprint density at radius 2 is 2.08 bits per heavy atom. The lowest BCUT2D eigenvalue weighted by Crippen LogP contribution is -2.60. The minimum atomic E-state index is 0.0635. The summed E-state index contributed by atoms with van der Waals surface area (Å²) in [6.45, 7) is 1.74. The van der Waals surface area contributed by atoms with Gasteiger partial charge in [-0.2, -0.15) is 0 Å². The highest BCUT2D eigenvalue weighted by Gasteiger charge is 2.61. The maximum atomic E-state index is 11.4. The SMILES string of the molecule is CC(=O)C1CC2(N)CC3CC1CC32. The van der Waals surface area contributed by atoms with Gasteiger partial charge >= 0.3 is 0 Å². The van der Waals surface area contributed by atoms with Crippen molar-refractivity contribution in [1.82, 2.24) is 0 Å². The molecule has 0 heterocycles. The van der Waals surface area contributed by atoms with Crippen LogP contribution in [0, 0.1) is 23.7 Å². The van der Waals surface area contributed by atoms with Crippen molar-refractivity contribution in [3.63, 3.8) is 0 Å². The predicted molar refractivity (Wildman–Crippen MR) is 50.0 cm³/mol. The van der Waals surface area contributed by atoms with E-state index >= 15 is 0 Å². The summed E-state index contributed by atoms with van der Waals surface area (Å²) in [5, 5.41) is 0. The smallest absolute Gasteiger partial charge is 0.133 e. The van der Waals surface area contributed by atoms with Gasteiger partial charge in [-0.25, -0.2) is 0 Å². The zero-order valence-electron chi connectivity index (χ0n) is 8.12. The molecule has 0 spiro atoms. The van der Waals surface area contributed by atoms with Crippen LogP contribution >= 0.6 is 0 Å². The molecule has 3 fully saturated rings. The van der Waals surface area contributed by atoms with Gasteiger partial charge in [0.15, 0.2) is 0 Å². The average Bonchev–Trinajstić information content (AvgIpc) is 2.23. The van der Waals surface area contributed by atoms with Gasteiger partial charge in [0.2, 0.25) is 0 Å². The second-order valence-electron chi connectivity index (χ2n) is 5.46. The van der Waals surface area contributed by atoms with E-state index in [2.05, 4.69) is 0 Å². The summed E-state index contributed by atoms with van der Waals surface area (Å²) >= 11 is 0. The van der Waals surface area contributed by atoms with Crippen LogP contribution in [-0.4, -0.2) is 11.3 Å². The molecule has 0 aromatic carbocycles. The van der Waals surface area contributed by atoms with E-state index in [4.69, 9.17) is 5.73 Å². The van der Waals surface area contributed by atoms with Crippen molar-refractivity contribution in [3.8, 4) is 0 Å². The minimum Gasteiger partial charge on any atom is -0.325 e. The van der Waals surface area contributed by atoms with E-state index in [-0.39, 0.29) is 5.54 Å². The molecule has 13 heavy (non-hydrogen) atoms. The Morgan fingerprint density at radius 1 is 1.31 bits per heavy atom. The van der Waals surface area contributed by atoms with Gasteiger partial charge in [0.05, 0.1) is 0 Å². The average molecular weight is 179 g/mol. The van der Waals surface area contributed by atoms with Crippen molar-refractivity contribution >= 4 is 5.78 Å². The molecule has 2 heteroatoms. The molecule has 3 aliphatic carbocycles. The molecular formula is C11H17NO. The van der Waals surface area contributed by atoms with Crippen LogP contribution in [0.5, 0.6) is 0 Å². The Morgan fingerprint density at radius 3 is 2.77 bits per heavy atom. The van der Waals surface area contributed by atoms with Gasteiger partial charge in [0, 0.05) is 11.5 Å². The van der Waals surface area contributed by atoms with Crippen LogP contribution in [0.3, 0.4) is 0 Å². The monoisotopic (exact) mass is 179 g/mol. The molecule has 0 amide bonds. The molecule has 2 nitrogen and oxygen atoms in total. The van der Waals surface area contributed by atoms with Crippen LogP contribution in [0.15, 0.2) is 0 Å². The van der Waals surface area contributed by atoms with Gasteiger partial charge in [0.1, 0.15) is 5.78 Å². The molecule has 3 saturated carbocycles. The van der Waals surface area contributed by atoms with Crippen LogP contribution in [0.1, 0.15) is 32.6 Å². The third-order valence-electron chi connectivity index (χ3n) is 4.80. The number of ketones is 1. The lowest BCUT2D eigenvalue weighted by Gasteiger charge is -2.52. The summed E-state index contributed by atoms with van der Waals surface area (Å²) in [6, 6.07) is 0. The quantitative estimate of drug-likeness (QED) is 0.660. The van der Waals surface area contributed by atoms with Gasteiger partial charge in [-0.05, 0) is 50.4 Å². The number of hydrogen-bond donors (Lipinski definition) is 1. The standard InChI is InChI=1S/C11H17NO/c1-6(13)9-5-11(12)4-8-2-7(9)3-10(8)11/h7-10H,2-5,12H2,1H3. The first-order chi connectivity index (χ1) is 6.10. The van der Waals surface area contributed by atoms with Gasteiger partial charge in [-0.3, -0.25) is 4.79 Å². The van der Waals surface area contributed by atoms with Crippen LogP contribution < -0.4 is 5.73 Å². The first-order valence-electron chi connectivity index (χ1n) is 5.39. The highest BCUT2D eigenvalue weighted by Crippen LogP contribution is 2.63. The topological polar surface area (TPSA) is 43.1 Å². The number of fused-ring (bicyclic) bond motifs is 1. The summed E-state index contributed by atoms with van der Waals surface area (Å²) in [7, 11) is 0. The normalized spacial score (nSPS) is 57.4. The van der Waals surface area contributed by atoms with Gasteiger partial charge in [-0.1, -0.05) is 0 Å². The van der Waals surface area contributed by atoms with Crippen LogP contribution in [0.2, 0.25) is 0 Å². The molecule has 5 atom stereocenters. The molecule has 0 aromatic rings. The van der Waals surface area contributed by atoms with Crippen molar-refractivity contribution in [3.05, 3.63) is 0 Å². The zero-order valence-corrected chi connectivity index (χ0v) is 8.12. The highest BCUT2D eigenvalue weighted by molar-refractivity contribution is 5.79. The molecule has 0 radical (unpaired) electrons. The van der Waals surface area contributed by atoms with E-state index in [9.17, 15) is 4.79 Å². The zero-order chi connectivity index (χ0) is 9.22. The van der Waals surface area contributed by atoms with E-state index in [0.29, 0.717) is 17.6 Å². The molecular weight excluding hydrogens is 162 g/mol. The van der Waals surface area contributed by atoms with Gasteiger partial charge in [-0.15, -0.1) is 0 Å². The number of nitrogens with two attached hydrogens (primary N) is 1. The van der Waals surface area contributed by atoms with E-state index in [1.54, 1.807) is 6.92 Å². The second-order valence-corrected chi connectivity index (χ2v) is 5.46. The Bertz CT molecular complexity index is 275. The lowest BCUT2D eigenvalue weighted by atomic mass is 9.56.